The second-order valence-corrected chi connectivity index (χ2v) is 7.02. The smallest absolute Gasteiger partial charge is 0.241 e. The van der Waals surface area contributed by atoms with Gasteiger partial charge in [0.05, 0.1) is 12.6 Å². The van der Waals surface area contributed by atoms with E-state index in [1.165, 1.54) is 25.7 Å². The maximum absolute atomic E-state index is 11.7. The Morgan fingerprint density at radius 3 is 2.65 bits per heavy atom. The Hall–Kier alpha value is -0.570. The SMILES string of the molecule is CN=C(NCC(=O)N(C)C)NC1C2CCOC2C12CCCC2.I. The van der Waals surface area contributed by atoms with E-state index in [4.69, 9.17) is 4.74 Å². The number of likely N-dealkylation sites (N-methyl/N-ethyl adjacent to an activating group) is 1. The molecule has 1 amide bonds. The molecule has 7 heteroatoms. The van der Waals surface area contributed by atoms with Crippen molar-refractivity contribution in [2.75, 3.05) is 34.3 Å². The van der Waals surface area contributed by atoms with Crippen molar-refractivity contribution < 1.29 is 9.53 Å². The van der Waals surface area contributed by atoms with Crippen LogP contribution in [0.1, 0.15) is 32.1 Å². The lowest BCUT2D eigenvalue weighted by Gasteiger charge is -2.57. The zero-order chi connectivity index (χ0) is 15.7. The zero-order valence-electron chi connectivity index (χ0n) is 14.3. The van der Waals surface area contributed by atoms with E-state index in [0.717, 1.165) is 19.0 Å². The van der Waals surface area contributed by atoms with Gasteiger partial charge in [0, 0.05) is 45.1 Å². The molecule has 1 spiro atoms. The van der Waals surface area contributed by atoms with Crippen molar-refractivity contribution in [2.24, 2.45) is 16.3 Å². The summed E-state index contributed by atoms with van der Waals surface area (Å²) in [4.78, 5) is 17.6. The number of halogens is 1. The van der Waals surface area contributed by atoms with Gasteiger partial charge in [-0.25, -0.2) is 0 Å². The second-order valence-electron chi connectivity index (χ2n) is 7.02. The maximum atomic E-state index is 11.7. The molecular formula is C16H29IN4O2. The van der Waals surface area contributed by atoms with Crippen LogP contribution < -0.4 is 10.6 Å². The first-order chi connectivity index (χ1) is 10.6. The summed E-state index contributed by atoms with van der Waals surface area (Å²) in [5.41, 5.74) is 0.296. The van der Waals surface area contributed by atoms with Gasteiger partial charge in [0.25, 0.3) is 0 Å². The van der Waals surface area contributed by atoms with Gasteiger partial charge in [0.2, 0.25) is 5.91 Å². The zero-order valence-corrected chi connectivity index (χ0v) is 16.6. The van der Waals surface area contributed by atoms with Crippen LogP contribution in [0.2, 0.25) is 0 Å². The first kappa shape index (κ1) is 18.8. The number of carbonyl (C=O) groups is 1. The summed E-state index contributed by atoms with van der Waals surface area (Å²) < 4.78 is 6.00. The molecule has 1 aliphatic heterocycles. The molecule has 3 rings (SSSR count). The molecule has 0 bridgehead atoms. The maximum Gasteiger partial charge on any atom is 0.241 e. The van der Waals surface area contributed by atoms with Crippen molar-refractivity contribution in [3.05, 3.63) is 0 Å². The molecule has 2 N–H and O–H groups in total. The van der Waals surface area contributed by atoms with Gasteiger partial charge < -0.3 is 20.3 Å². The largest absolute Gasteiger partial charge is 0.377 e. The summed E-state index contributed by atoms with van der Waals surface area (Å²) in [5, 5.41) is 6.73. The molecule has 0 aromatic heterocycles. The number of nitrogens with zero attached hydrogens (tertiary/aromatic N) is 2. The summed E-state index contributed by atoms with van der Waals surface area (Å²) in [6, 6.07) is 0.433. The summed E-state index contributed by atoms with van der Waals surface area (Å²) in [7, 11) is 5.29. The molecule has 2 aliphatic carbocycles. The molecule has 3 fully saturated rings. The predicted molar refractivity (Wildman–Crippen MR) is 101 cm³/mol. The number of aliphatic imine (C=N–C) groups is 1. The number of hydrogen-bond donors (Lipinski definition) is 2. The Labute approximate surface area is 155 Å². The van der Waals surface area contributed by atoms with Crippen LogP contribution in [0, 0.1) is 11.3 Å². The van der Waals surface area contributed by atoms with Crippen LogP contribution in [-0.4, -0.2) is 63.2 Å². The fourth-order valence-electron chi connectivity index (χ4n) is 4.56. The number of hydrogen-bond acceptors (Lipinski definition) is 3. The molecule has 0 aromatic carbocycles. The molecule has 1 heterocycles. The number of guanidine groups is 1. The fraction of sp³-hybridized carbons (Fsp3) is 0.875. The minimum Gasteiger partial charge on any atom is -0.377 e. The normalized spacial score (nSPS) is 31.1. The Bertz CT molecular complexity index is 463. The van der Waals surface area contributed by atoms with E-state index < -0.39 is 0 Å². The number of rotatable bonds is 3. The Balaban J connectivity index is 0.00000192. The van der Waals surface area contributed by atoms with Crippen LogP contribution in [0.15, 0.2) is 4.99 Å². The molecule has 6 nitrogen and oxygen atoms in total. The fourth-order valence-corrected chi connectivity index (χ4v) is 4.56. The average molecular weight is 436 g/mol. The van der Waals surface area contributed by atoms with Gasteiger partial charge in [0.1, 0.15) is 0 Å². The molecule has 1 saturated heterocycles. The second kappa shape index (κ2) is 7.55. The van der Waals surface area contributed by atoms with Crippen LogP contribution in [0.3, 0.4) is 0 Å². The molecule has 2 saturated carbocycles. The van der Waals surface area contributed by atoms with Crippen molar-refractivity contribution in [2.45, 2.75) is 44.2 Å². The minimum absolute atomic E-state index is 0. The van der Waals surface area contributed by atoms with Gasteiger partial charge in [0.15, 0.2) is 5.96 Å². The van der Waals surface area contributed by atoms with Gasteiger partial charge in [-0.1, -0.05) is 12.8 Å². The van der Waals surface area contributed by atoms with Gasteiger partial charge in [-0.15, -0.1) is 24.0 Å². The van der Waals surface area contributed by atoms with Crippen molar-refractivity contribution in [1.29, 1.82) is 0 Å². The molecular weight excluding hydrogens is 407 g/mol. The van der Waals surface area contributed by atoms with Crippen LogP contribution >= 0.6 is 24.0 Å². The first-order valence-electron chi connectivity index (χ1n) is 8.37. The number of carbonyl (C=O) groups excluding carboxylic acids is 1. The Morgan fingerprint density at radius 2 is 2.04 bits per heavy atom. The molecule has 3 atom stereocenters. The Kier molecular flexibility index (Phi) is 6.16. The number of fused-ring (bicyclic) bond motifs is 2. The third-order valence-corrected chi connectivity index (χ3v) is 5.71. The predicted octanol–water partition coefficient (Wildman–Crippen LogP) is 1.21. The third-order valence-electron chi connectivity index (χ3n) is 5.71. The first-order valence-corrected chi connectivity index (χ1v) is 8.37. The van der Waals surface area contributed by atoms with Crippen molar-refractivity contribution >= 4 is 35.8 Å². The summed E-state index contributed by atoms with van der Waals surface area (Å²) >= 11 is 0. The number of amides is 1. The van der Waals surface area contributed by atoms with Crippen molar-refractivity contribution in [3.8, 4) is 0 Å². The van der Waals surface area contributed by atoms with Gasteiger partial charge in [-0.3, -0.25) is 9.79 Å². The summed E-state index contributed by atoms with van der Waals surface area (Å²) in [6.07, 6.45) is 6.68. The van der Waals surface area contributed by atoms with Crippen LogP contribution in [-0.2, 0) is 9.53 Å². The Morgan fingerprint density at radius 1 is 1.35 bits per heavy atom. The molecule has 3 aliphatic rings. The summed E-state index contributed by atoms with van der Waals surface area (Å²) in [6.45, 7) is 1.16. The lowest BCUT2D eigenvalue weighted by atomic mass is 9.54. The molecule has 23 heavy (non-hydrogen) atoms. The molecule has 132 valence electrons. The van der Waals surface area contributed by atoms with E-state index in [-0.39, 0.29) is 36.4 Å². The van der Waals surface area contributed by atoms with Gasteiger partial charge in [-0.05, 0) is 19.3 Å². The van der Waals surface area contributed by atoms with E-state index in [2.05, 4.69) is 15.6 Å². The number of nitrogens with one attached hydrogen (secondary N) is 2. The third kappa shape index (κ3) is 3.31. The van der Waals surface area contributed by atoms with E-state index in [0.29, 0.717) is 23.5 Å². The molecule has 3 unspecified atom stereocenters. The lowest BCUT2D eigenvalue weighted by molar-refractivity contribution is -0.128. The average Bonchev–Trinajstić information content (AvgIpc) is 3.15. The van der Waals surface area contributed by atoms with Gasteiger partial charge in [-0.2, -0.15) is 0 Å². The molecule has 0 aromatic rings. The van der Waals surface area contributed by atoms with Crippen LogP contribution in [0.5, 0.6) is 0 Å². The highest BCUT2D eigenvalue weighted by molar-refractivity contribution is 14.0. The van der Waals surface area contributed by atoms with Crippen molar-refractivity contribution in [1.82, 2.24) is 15.5 Å². The summed E-state index contributed by atoms with van der Waals surface area (Å²) in [5.74, 6) is 1.38. The van der Waals surface area contributed by atoms with Crippen LogP contribution in [0.4, 0.5) is 0 Å². The van der Waals surface area contributed by atoms with E-state index >= 15 is 0 Å². The highest BCUT2D eigenvalue weighted by atomic mass is 127. The van der Waals surface area contributed by atoms with E-state index in [1.807, 2.05) is 0 Å². The molecule has 0 radical (unpaired) electrons. The van der Waals surface area contributed by atoms with E-state index in [9.17, 15) is 4.79 Å². The number of ether oxygens (including phenoxy) is 1. The van der Waals surface area contributed by atoms with Crippen LogP contribution in [0.25, 0.3) is 0 Å². The minimum atomic E-state index is 0. The highest BCUT2D eigenvalue weighted by Crippen LogP contribution is 2.60. The monoisotopic (exact) mass is 436 g/mol. The quantitative estimate of drug-likeness (QED) is 0.397. The topological polar surface area (TPSA) is 66.0 Å². The van der Waals surface area contributed by atoms with E-state index in [1.54, 1.807) is 26.0 Å². The highest BCUT2D eigenvalue weighted by Gasteiger charge is 2.65. The van der Waals surface area contributed by atoms with Crippen molar-refractivity contribution in [3.63, 3.8) is 0 Å². The lowest BCUT2D eigenvalue weighted by Crippen LogP contribution is -2.69. The van der Waals surface area contributed by atoms with Gasteiger partial charge >= 0.3 is 0 Å². The standard InChI is InChI=1S/C16H28N4O2.HI/c1-17-15(18-10-12(21)20(2)3)19-13-11-6-9-22-14(11)16(13)7-4-5-8-16;/h11,13-14H,4-10H2,1-3H3,(H2,17,18,19);1H.